The Hall–Kier alpha value is -1.06. The van der Waals surface area contributed by atoms with Gasteiger partial charge in [-0.05, 0) is 32.1 Å². The van der Waals surface area contributed by atoms with E-state index in [9.17, 15) is 14.7 Å². The molecule has 1 rings (SSSR count). The maximum atomic E-state index is 12.0. The number of ether oxygens (including phenoxy) is 1. The number of aliphatic carboxylic acids is 1. The largest absolute Gasteiger partial charge is 0.480 e. The predicted octanol–water partition coefficient (Wildman–Crippen LogP) is 2.61. The standard InChI is InChI=1S/C13H22O4/c1-3-13(11(14)15,12(16)17-4-2)10-8-6-5-7-9-10/h10H,3-9H2,1-2H3,(H,14,15). The Labute approximate surface area is 102 Å². The van der Waals surface area contributed by atoms with Crippen LogP contribution in [0, 0.1) is 11.3 Å². The number of carboxylic acid groups (broad SMARTS) is 1. The van der Waals surface area contributed by atoms with Crippen LogP contribution in [0.1, 0.15) is 52.4 Å². The number of hydrogen-bond donors (Lipinski definition) is 1. The van der Waals surface area contributed by atoms with Crippen LogP contribution in [-0.2, 0) is 14.3 Å². The Morgan fingerprint density at radius 1 is 1.24 bits per heavy atom. The second kappa shape index (κ2) is 6.03. The topological polar surface area (TPSA) is 63.6 Å². The van der Waals surface area contributed by atoms with Gasteiger partial charge in [-0.15, -0.1) is 0 Å². The quantitative estimate of drug-likeness (QED) is 0.594. The first kappa shape index (κ1) is 14.0. The maximum absolute atomic E-state index is 12.0. The molecule has 1 unspecified atom stereocenters. The summed E-state index contributed by atoms with van der Waals surface area (Å²) in [5.74, 6) is -1.65. The lowest BCUT2D eigenvalue weighted by molar-refractivity contribution is -0.174. The summed E-state index contributed by atoms with van der Waals surface area (Å²) in [6.07, 6.45) is 5.11. The van der Waals surface area contributed by atoms with Crippen molar-refractivity contribution in [3.8, 4) is 0 Å². The molecule has 0 radical (unpaired) electrons. The van der Waals surface area contributed by atoms with Gasteiger partial charge in [0, 0.05) is 0 Å². The zero-order chi connectivity index (χ0) is 12.9. The molecule has 0 aromatic heterocycles. The molecule has 1 aliphatic carbocycles. The van der Waals surface area contributed by atoms with E-state index in [1.54, 1.807) is 13.8 Å². The van der Waals surface area contributed by atoms with E-state index in [0.717, 1.165) is 32.1 Å². The molecule has 1 fully saturated rings. The number of rotatable bonds is 5. The smallest absolute Gasteiger partial charge is 0.323 e. The Bertz CT molecular complexity index is 281. The van der Waals surface area contributed by atoms with Crippen LogP contribution in [0.5, 0.6) is 0 Å². The van der Waals surface area contributed by atoms with E-state index in [0.29, 0.717) is 6.42 Å². The van der Waals surface area contributed by atoms with Gasteiger partial charge in [-0.1, -0.05) is 26.2 Å². The molecule has 1 aliphatic rings. The molecule has 0 heterocycles. The van der Waals surface area contributed by atoms with Crippen LogP contribution in [0.3, 0.4) is 0 Å². The van der Waals surface area contributed by atoms with Crippen molar-refractivity contribution in [2.75, 3.05) is 6.61 Å². The molecule has 1 atom stereocenters. The fraction of sp³-hybridized carbons (Fsp3) is 0.846. The van der Waals surface area contributed by atoms with Gasteiger partial charge in [0.25, 0.3) is 0 Å². The van der Waals surface area contributed by atoms with E-state index in [1.165, 1.54) is 0 Å². The molecule has 0 spiro atoms. The summed E-state index contributed by atoms with van der Waals surface area (Å²) in [4.78, 5) is 23.6. The maximum Gasteiger partial charge on any atom is 0.323 e. The summed E-state index contributed by atoms with van der Waals surface area (Å²) in [6.45, 7) is 3.71. The number of carbonyl (C=O) groups is 2. The van der Waals surface area contributed by atoms with Crippen molar-refractivity contribution in [2.45, 2.75) is 52.4 Å². The first-order chi connectivity index (χ1) is 8.09. The highest BCUT2D eigenvalue weighted by Crippen LogP contribution is 2.42. The van der Waals surface area contributed by atoms with Crippen molar-refractivity contribution in [1.82, 2.24) is 0 Å². The average Bonchev–Trinajstić information content (AvgIpc) is 2.32. The summed E-state index contributed by atoms with van der Waals surface area (Å²) in [5.41, 5.74) is -1.32. The van der Waals surface area contributed by atoms with E-state index < -0.39 is 17.4 Å². The molecule has 0 bridgehead atoms. The van der Waals surface area contributed by atoms with Crippen molar-refractivity contribution in [3.63, 3.8) is 0 Å². The molecule has 0 amide bonds. The van der Waals surface area contributed by atoms with Crippen molar-refractivity contribution < 1.29 is 19.4 Å². The number of hydrogen-bond acceptors (Lipinski definition) is 3. The van der Waals surface area contributed by atoms with Gasteiger partial charge in [-0.3, -0.25) is 9.59 Å². The van der Waals surface area contributed by atoms with E-state index in [4.69, 9.17) is 4.74 Å². The van der Waals surface area contributed by atoms with E-state index in [1.807, 2.05) is 0 Å². The fourth-order valence-corrected chi connectivity index (χ4v) is 2.87. The van der Waals surface area contributed by atoms with E-state index in [2.05, 4.69) is 0 Å². The van der Waals surface area contributed by atoms with Crippen LogP contribution >= 0.6 is 0 Å². The Morgan fingerprint density at radius 2 is 1.82 bits per heavy atom. The third-order valence-corrected chi connectivity index (χ3v) is 3.88. The highest BCUT2D eigenvalue weighted by Gasteiger charge is 2.52. The summed E-state index contributed by atoms with van der Waals surface area (Å²) < 4.78 is 4.99. The third-order valence-electron chi connectivity index (χ3n) is 3.88. The number of esters is 1. The Kier molecular flexibility index (Phi) is 4.97. The number of carbonyl (C=O) groups excluding carboxylic acids is 1. The lowest BCUT2D eigenvalue weighted by Gasteiger charge is -2.36. The molecule has 1 saturated carbocycles. The molecule has 0 aromatic carbocycles. The second-order valence-corrected chi connectivity index (χ2v) is 4.69. The molecule has 17 heavy (non-hydrogen) atoms. The summed E-state index contributed by atoms with van der Waals surface area (Å²) in [5, 5.41) is 9.47. The van der Waals surface area contributed by atoms with Gasteiger partial charge < -0.3 is 9.84 Å². The Morgan fingerprint density at radius 3 is 2.24 bits per heavy atom. The van der Waals surface area contributed by atoms with Gasteiger partial charge in [-0.25, -0.2) is 0 Å². The minimum Gasteiger partial charge on any atom is -0.480 e. The fourth-order valence-electron chi connectivity index (χ4n) is 2.87. The molecular formula is C13H22O4. The first-order valence-corrected chi connectivity index (χ1v) is 6.50. The molecule has 0 aliphatic heterocycles. The van der Waals surface area contributed by atoms with Crippen LogP contribution in [0.15, 0.2) is 0 Å². The summed E-state index contributed by atoms with van der Waals surface area (Å²) >= 11 is 0. The number of carboxylic acids is 1. The van der Waals surface area contributed by atoms with Crippen molar-refractivity contribution >= 4 is 11.9 Å². The van der Waals surface area contributed by atoms with Crippen LogP contribution in [0.4, 0.5) is 0 Å². The van der Waals surface area contributed by atoms with Crippen molar-refractivity contribution in [1.29, 1.82) is 0 Å². The second-order valence-electron chi connectivity index (χ2n) is 4.69. The van der Waals surface area contributed by atoms with Crippen LogP contribution in [0.25, 0.3) is 0 Å². The van der Waals surface area contributed by atoms with Gasteiger partial charge in [0.05, 0.1) is 6.61 Å². The lowest BCUT2D eigenvalue weighted by Crippen LogP contribution is -2.47. The van der Waals surface area contributed by atoms with Gasteiger partial charge in [0.1, 0.15) is 0 Å². The molecule has 0 aromatic rings. The minimum atomic E-state index is -1.32. The molecular weight excluding hydrogens is 220 g/mol. The summed E-state index contributed by atoms with van der Waals surface area (Å²) in [6, 6.07) is 0. The van der Waals surface area contributed by atoms with E-state index in [-0.39, 0.29) is 12.5 Å². The van der Waals surface area contributed by atoms with Gasteiger partial charge >= 0.3 is 11.9 Å². The monoisotopic (exact) mass is 242 g/mol. The molecule has 1 N–H and O–H groups in total. The van der Waals surface area contributed by atoms with Crippen LogP contribution in [-0.4, -0.2) is 23.7 Å². The molecule has 98 valence electrons. The predicted molar refractivity (Wildman–Crippen MR) is 63.6 cm³/mol. The average molecular weight is 242 g/mol. The van der Waals surface area contributed by atoms with Crippen molar-refractivity contribution in [2.24, 2.45) is 11.3 Å². The highest BCUT2D eigenvalue weighted by molar-refractivity contribution is 5.99. The van der Waals surface area contributed by atoms with Crippen LogP contribution in [0.2, 0.25) is 0 Å². The molecule has 4 nitrogen and oxygen atoms in total. The highest BCUT2D eigenvalue weighted by atomic mass is 16.5. The zero-order valence-corrected chi connectivity index (χ0v) is 10.7. The Balaban J connectivity index is 2.98. The first-order valence-electron chi connectivity index (χ1n) is 6.50. The van der Waals surface area contributed by atoms with Gasteiger partial charge in [0.15, 0.2) is 5.41 Å². The molecule has 0 saturated heterocycles. The summed E-state index contributed by atoms with van der Waals surface area (Å²) in [7, 11) is 0. The van der Waals surface area contributed by atoms with Crippen LogP contribution < -0.4 is 0 Å². The lowest BCUT2D eigenvalue weighted by atomic mass is 9.67. The molecule has 4 heteroatoms. The van der Waals surface area contributed by atoms with Gasteiger partial charge in [-0.2, -0.15) is 0 Å². The third kappa shape index (κ3) is 2.61. The minimum absolute atomic E-state index is 0.0715. The van der Waals surface area contributed by atoms with E-state index >= 15 is 0 Å². The zero-order valence-electron chi connectivity index (χ0n) is 10.7. The normalized spacial score (nSPS) is 20.6. The SMILES string of the molecule is CCOC(=O)C(CC)(C(=O)O)C1CCCCC1. The van der Waals surface area contributed by atoms with Crippen molar-refractivity contribution in [3.05, 3.63) is 0 Å². The van der Waals surface area contributed by atoms with Gasteiger partial charge in [0.2, 0.25) is 0 Å².